The van der Waals surface area contributed by atoms with Crippen LogP contribution in [0.4, 0.5) is 4.79 Å². The fourth-order valence-electron chi connectivity index (χ4n) is 0.808. The molecule has 0 aromatic rings. The van der Waals surface area contributed by atoms with Crippen molar-refractivity contribution in [3.8, 4) is 0 Å². The Balaban J connectivity index is 2.58. The van der Waals surface area contributed by atoms with Crippen LogP contribution in [0.2, 0.25) is 0 Å². The smallest absolute Gasteiger partial charge is 0.279 e. The standard InChI is InChI=1S/C5H8N2O2/c1-2-7-3-4(8)6-5(7)9/h2-3H2,1H3,(H,6,8,9)/p+1. The van der Waals surface area contributed by atoms with E-state index in [-0.39, 0.29) is 18.5 Å². The van der Waals surface area contributed by atoms with Crippen LogP contribution in [-0.2, 0) is 4.79 Å². The van der Waals surface area contributed by atoms with Gasteiger partial charge in [0.2, 0.25) is 0 Å². The number of hydrogen-bond donors (Lipinski definition) is 1. The molecule has 0 atom stereocenters. The van der Waals surface area contributed by atoms with E-state index in [0.29, 0.717) is 6.54 Å². The number of imide groups is 1. The molecule has 4 heteroatoms. The lowest BCUT2D eigenvalue weighted by atomic mass is 10.6. The molecule has 0 aliphatic carbocycles. The largest absolute Gasteiger partial charge is 0.423 e. The van der Waals surface area contributed by atoms with E-state index in [4.69, 9.17) is 0 Å². The Morgan fingerprint density at radius 3 is 2.56 bits per heavy atom. The molecule has 0 spiro atoms. The predicted octanol–water partition coefficient (Wildman–Crippen LogP) is -1.47. The fourth-order valence-corrected chi connectivity index (χ4v) is 0.808. The summed E-state index contributed by atoms with van der Waals surface area (Å²) in [6.45, 7) is 2.75. The van der Waals surface area contributed by atoms with Crippen molar-refractivity contribution >= 4 is 11.9 Å². The first-order valence-corrected chi connectivity index (χ1v) is 2.90. The van der Waals surface area contributed by atoms with E-state index in [2.05, 4.69) is 0 Å². The molecule has 1 saturated heterocycles. The minimum atomic E-state index is -0.150. The van der Waals surface area contributed by atoms with E-state index < -0.39 is 0 Å². The second-order valence-electron chi connectivity index (χ2n) is 1.96. The molecular formula is C5H9N2O2+. The van der Waals surface area contributed by atoms with Crippen molar-refractivity contribution in [3.05, 3.63) is 0 Å². The maximum Gasteiger partial charge on any atom is 0.423 e. The molecule has 0 aromatic carbocycles. The molecule has 50 valence electrons. The van der Waals surface area contributed by atoms with Crippen LogP contribution in [0.15, 0.2) is 0 Å². The van der Waals surface area contributed by atoms with E-state index in [0.717, 1.165) is 5.32 Å². The quantitative estimate of drug-likeness (QED) is 0.439. The number of urea groups is 1. The highest BCUT2D eigenvalue weighted by molar-refractivity contribution is 5.86. The number of primary amides is 2. The van der Waals surface area contributed by atoms with Gasteiger partial charge in [0.15, 0.2) is 0 Å². The number of nitrogens with two attached hydrogens (primary N) is 1. The minimum absolute atomic E-state index is 0.0816. The molecule has 1 aliphatic heterocycles. The Hall–Kier alpha value is -0.900. The number of rotatable bonds is 1. The van der Waals surface area contributed by atoms with Crippen molar-refractivity contribution in [2.75, 3.05) is 13.1 Å². The SMILES string of the molecule is CCN1CC(=O)[NH2+]C1=O. The monoisotopic (exact) mass is 129 g/mol. The zero-order valence-electron chi connectivity index (χ0n) is 5.26. The van der Waals surface area contributed by atoms with E-state index in [1.165, 1.54) is 4.90 Å². The average molecular weight is 129 g/mol. The number of carbonyl (C=O) groups excluding carboxylic acids is 2. The minimum Gasteiger partial charge on any atom is -0.279 e. The molecular weight excluding hydrogens is 120 g/mol. The zero-order valence-corrected chi connectivity index (χ0v) is 5.26. The third kappa shape index (κ3) is 1.08. The summed E-state index contributed by atoms with van der Waals surface area (Å²) < 4.78 is 0. The summed E-state index contributed by atoms with van der Waals surface area (Å²) in [5.74, 6) is -0.0816. The van der Waals surface area contributed by atoms with E-state index in [1.54, 1.807) is 0 Å². The molecule has 0 bridgehead atoms. The van der Waals surface area contributed by atoms with Crippen LogP contribution in [0.3, 0.4) is 0 Å². The lowest BCUT2D eigenvalue weighted by molar-refractivity contribution is -0.461. The first-order valence-electron chi connectivity index (χ1n) is 2.90. The van der Waals surface area contributed by atoms with Gasteiger partial charge in [-0.05, 0) is 6.92 Å². The summed E-state index contributed by atoms with van der Waals surface area (Å²) in [6, 6.07) is -0.150. The van der Waals surface area contributed by atoms with Gasteiger partial charge in [-0.1, -0.05) is 0 Å². The number of quaternary nitrogens is 1. The Kier molecular flexibility index (Phi) is 1.48. The van der Waals surface area contributed by atoms with Gasteiger partial charge in [-0.3, -0.25) is 4.90 Å². The highest BCUT2D eigenvalue weighted by Crippen LogP contribution is 1.88. The van der Waals surface area contributed by atoms with Crippen molar-refractivity contribution in [3.63, 3.8) is 0 Å². The van der Waals surface area contributed by atoms with Gasteiger partial charge in [0, 0.05) is 6.54 Å². The summed E-state index contributed by atoms with van der Waals surface area (Å²) in [5, 5.41) is 1.14. The summed E-state index contributed by atoms with van der Waals surface area (Å²) >= 11 is 0. The molecule has 9 heavy (non-hydrogen) atoms. The highest BCUT2D eigenvalue weighted by atomic mass is 16.2. The maximum atomic E-state index is 10.7. The molecule has 1 rings (SSSR count). The van der Waals surface area contributed by atoms with Gasteiger partial charge in [-0.2, -0.15) is 5.32 Å². The van der Waals surface area contributed by atoms with Crippen molar-refractivity contribution in [2.45, 2.75) is 6.92 Å². The van der Waals surface area contributed by atoms with Crippen LogP contribution < -0.4 is 5.32 Å². The first kappa shape index (κ1) is 6.22. The van der Waals surface area contributed by atoms with Crippen LogP contribution >= 0.6 is 0 Å². The van der Waals surface area contributed by atoms with Crippen molar-refractivity contribution in [2.24, 2.45) is 0 Å². The fraction of sp³-hybridized carbons (Fsp3) is 0.600. The van der Waals surface area contributed by atoms with Gasteiger partial charge >= 0.3 is 11.9 Å². The van der Waals surface area contributed by atoms with Crippen molar-refractivity contribution in [1.29, 1.82) is 0 Å². The molecule has 0 saturated carbocycles. The number of likely N-dealkylation sites (N-methyl/N-ethyl adjacent to an activating group) is 1. The molecule has 1 fully saturated rings. The van der Waals surface area contributed by atoms with Gasteiger partial charge in [-0.15, -0.1) is 0 Å². The van der Waals surface area contributed by atoms with Crippen LogP contribution in [0, 0.1) is 0 Å². The highest BCUT2D eigenvalue weighted by Gasteiger charge is 2.30. The van der Waals surface area contributed by atoms with Crippen LogP contribution in [0.5, 0.6) is 0 Å². The molecule has 2 N–H and O–H groups in total. The Morgan fingerprint density at radius 2 is 2.33 bits per heavy atom. The van der Waals surface area contributed by atoms with Crippen LogP contribution in [-0.4, -0.2) is 29.9 Å². The normalized spacial score (nSPS) is 19.4. The average Bonchev–Trinajstić information content (AvgIpc) is 2.10. The summed E-state index contributed by atoms with van der Waals surface area (Å²) in [6.07, 6.45) is 0. The first-order chi connectivity index (χ1) is 4.24. The maximum absolute atomic E-state index is 10.7. The summed E-state index contributed by atoms with van der Waals surface area (Å²) in [5.41, 5.74) is 0. The predicted molar refractivity (Wildman–Crippen MR) is 29.6 cm³/mol. The van der Waals surface area contributed by atoms with Gasteiger partial charge < -0.3 is 0 Å². The van der Waals surface area contributed by atoms with Crippen molar-refractivity contribution in [1.82, 2.24) is 4.90 Å². The molecule has 0 aromatic heterocycles. The second kappa shape index (κ2) is 2.14. The van der Waals surface area contributed by atoms with E-state index in [1.807, 2.05) is 6.92 Å². The Labute approximate surface area is 52.8 Å². The van der Waals surface area contributed by atoms with Crippen LogP contribution in [0.1, 0.15) is 6.92 Å². The van der Waals surface area contributed by atoms with E-state index in [9.17, 15) is 9.59 Å². The van der Waals surface area contributed by atoms with Crippen LogP contribution in [0.25, 0.3) is 0 Å². The van der Waals surface area contributed by atoms with Gasteiger partial charge in [0.1, 0.15) is 6.54 Å². The topological polar surface area (TPSA) is 54.0 Å². The lowest BCUT2D eigenvalue weighted by Gasteiger charge is -2.02. The third-order valence-corrected chi connectivity index (χ3v) is 1.32. The number of nitrogens with zero attached hydrogens (tertiary/aromatic N) is 1. The van der Waals surface area contributed by atoms with E-state index >= 15 is 0 Å². The summed E-state index contributed by atoms with van der Waals surface area (Å²) in [4.78, 5) is 22.7. The third-order valence-electron chi connectivity index (χ3n) is 1.32. The van der Waals surface area contributed by atoms with Gasteiger partial charge in [0.25, 0.3) is 0 Å². The number of carbonyl (C=O) groups is 2. The van der Waals surface area contributed by atoms with Gasteiger partial charge in [0.05, 0.1) is 0 Å². The molecule has 3 amide bonds. The van der Waals surface area contributed by atoms with Gasteiger partial charge in [-0.25, -0.2) is 9.59 Å². The lowest BCUT2D eigenvalue weighted by Crippen LogP contribution is -2.88. The molecule has 4 nitrogen and oxygen atoms in total. The second-order valence-corrected chi connectivity index (χ2v) is 1.96. The molecule has 0 unspecified atom stereocenters. The molecule has 0 radical (unpaired) electrons. The Bertz CT molecular complexity index is 155. The molecule has 1 aliphatic rings. The summed E-state index contributed by atoms with van der Waals surface area (Å²) in [7, 11) is 0. The number of hydrogen-bond acceptors (Lipinski definition) is 2. The zero-order chi connectivity index (χ0) is 6.85. The Morgan fingerprint density at radius 1 is 1.67 bits per heavy atom. The number of amides is 3. The van der Waals surface area contributed by atoms with Crippen molar-refractivity contribution < 1.29 is 14.9 Å². The molecule has 1 heterocycles.